The van der Waals surface area contributed by atoms with Crippen molar-refractivity contribution in [3.05, 3.63) is 29.6 Å². The predicted molar refractivity (Wildman–Crippen MR) is 63.9 cm³/mol. The fraction of sp³-hybridized carbons (Fsp3) is 0.462. The number of benzene rings is 1. The van der Waals surface area contributed by atoms with E-state index in [0.29, 0.717) is 11.6 Å². The van der Waals surface area contributed by atoms with E-state index in [2.05, 4.69) is 18.7 Å². The Balaban J connectivity index is 3.08. The lowest BCUT2D eigenvalue weighted by Gasteiger charge is -2.29. The summed E-state index contributed by atoms with van der Waals surface area (Å²) in [5, 5.41) is 8.98. The van der Waals surface area contributed by atoms with Crippen LogP contribution >= 0.6 is 0 Å². The van der Waals surface area contributed by atoms with Gasteiger partial charge in [0.05, 0.1) is 11.3 Å². The van der Waals surface area contributed by atoms with E-state index in [1.807, 2.05) is 13.1 Å². The number of anilines is 1. The first-order chi connectivity index (χ1) is 7.63. The van der Waals surface area contributed by atoms with Gasteiger partial charge in [0.2, 0.25) is 0 Å². The molecule has 0 radical (unpaired) electrons. The molecule has 0 aromatic heterocycles. The first kappa shape index (κ1) is 12.5. The van der Waals surface area contributed by atoms with Crippen molar-refractivity contribution in [1.82, 2.24) is 0 Å². The second-order valence-electron chi connectivity index (χ2n) is 3.85. The highest BCUT2D eigenvalue weighted by atomic mass is 19.1. The van der Waals surface area contributed by atoms with Crippen molar-refractivity contribution in [2.24, 2.45) is 0 Å². The molecule has 1 aromatic rings. The normalized spacial score (nSPS) is 10.2. The van der Waals surface area contributed by atoms with E-state index in [0.717, 1.165) is 18.5 Å². The molecular weight excluding hydrogens is 203 g/mol. The summed E-state index contributed by atoms with van der Waals surface area (Å²) in [5.74, 6) is -0.363. The van der Waals surface area contributed by atoms with Crippen molar-refractivity contribution in [1.29, 1.82) is 5.26 Å². The fourth-order valence-corrected chi connectivity index (χ4v) is 1.94. The van der Waals surface area contributed by atoms with Gasteiger partial charge in [0.25, 0.3) is 0 Å². The van der Waals surface area contributed by atoms with Gasteiger partial charge in [0.15, 0.2) is 0 Å². The maximum atomic E-state index is 13.0. The zero-order valence-corrected chi connectivity index (χ0v) is 10.00. The fourth-order valence-electron chi connectivity index (χ4n) is 1.94. The smallest absolute Gasteiger partial charge is 0.124 e. The van der Waals surface area contributed by atoms with Crippen molar-refractivity contribution >= 4 is 5.69 Å². The second-order valence-corrected chi connectivity index (χ2v) is 3.85. The van der Waals surface area contributed by atoms with Crippen LogP contribution in [0.25, 0.3) is 0 Å². The number of nitriles is 1. The van der Waals surface area contributed by atoms with Gasteiger partial charge in [0, 0.05) is 13.1 Å². The van der Waals surface area contributed by atoms with Crippen LogP contribution in [0.5, 0.6) is 0 Å². The summed E-state index contributed by atoms with van der Waals surface area (Å²) in [6.45, 7) is 4.22. The molecule has 3 heteroatoms. The van der Waals surface area contributed by atoms with Crippen LogP contribution in [0.2, 0.25) is 0 Å². The van der Waals surface area contributed by atoms with Crippen molar-refractivity contribution < 1.29 is 4.39 Å². The SMILES string of the molecule is CCC(CC)N(C)c1ccc(F)cc1C#N. The molecule has 1 rings (SSSR count). The minimum absolute atomic E-state index is 0.363. The van der Waals surface area contributed by atoms with E-state index in [4.69, 9.17) is 5.26 Å². The molecule has 0 aliphatic heterocycles. The number of hydrogen-bond donors (Lipinski definition) is 0. The van der Waals surface area contributed by atoms with Gasteiger partial charge in [-0.25, -0.2) is 4.39 Å². The molecule has 0 fully saturated rings. The number of rotatable bonds is 4. The van der Waals surface area contributed by atoms with Gasteiger partial charge in [0.1, 0.15) is 11.9 Å². The average molecular weight is 220 g/mol. The molecule has 0 aliphatic rings. The molecule has 86 valence electrons. The molecule has 0 saturated carbocycles. The van der Waals surface area contributed by atoms with Crippen molar-refractivity contribution in [3.63, 3.8) is 0 Å². The Morgan fingerprint density at radius 2 is 2.00 bits per heavy atom. The van der Waals surface area contributed by atoms with Crippen LogP contribution in [0.3, 0.4) is 0 Å². The molecule has 0 N–H and O–H groups in total. The molecule has 0 atom stereocenters. The van der Waals surface area contributed by atoms with Gasteiger partial charge in [-0.2, -0.15) is 5.26 Å². The van der Waals surface area contributed by atoms with Crippen LogP contribution in [0.1, 0.15) is 32.3 Å². The lowest BCUT2D eigenvalue weighted by molar-refractivity contribution is 0.589. The summed E-state index contributed by atoms with van der Waals surface area (Å²) in [7, 11) is 1.95. The van der Waals surface area contributed by atoms with E-state index in [1.54, 1.807) is 6.07 Å². The molecule has 0 heterocycles. The van der Waals surface area contributed by atoms with E-state index in [9.17, 15) is 4.39 Å². The van der Waals surface area contributed by atoms with Crippen molar-refractivity contribution in [2.45, 2.75) is 32.7 Å². The van der Waals surface area contributed by atoms with Gasteiger partial charge in [-0.3, -0.25) is 0 Å². The Kier molecular flexibility index (Phi) is 4.30. The van der Waals surface area contributed by atoms with E-state index >= 15 is 0 Å². The minimum atomic E-state index is -0.363. The first-order valence-corrected chi connectivity index (χ1v) is 5.56. The zero-order chi connectivity index (χ0) is 12.1. The van der Waals surface area contributed by atoms with E-state index in [1.165, 1.54) is 12.1 Å². The standard InChI is InChI=1S/C13H17FN2/c1-4-12(5-2)16(3)13-7-6-11(14)8-10(13)9-15/h6-8,12H,4-5H2,1-3H3. The minimum Gasteiger partial charge on any atom is -0.371 e. The van der Waals surface area contributed by atoms with Crippen molar-refractivity contribution in [2.75, 3.05) is 11.9 Å². The highest BCUT2D eigenvalue weighted by molar-refractivity contribution is 5.59. The number of halogens is 1. The number of hydrogen-bond acceptors (Lipinski definition) is 2. The lowest BCUT2D eigenvalue weighted by atomic mass is 10.1. The third-order valence-corrected chi connectivity index (χ3v) is 2.95. The Morgan fingerprint density at radius 3 is 2.50 bits per heavy atom. The number of nitrogens with zero attached hydrogens (tertiary/aromatic N) is 2. The van der Waals surface area contributed by atoms with Crippen LogP contribution in [0.4, 0.5) is 10.1 Å². The molecule has 1 aromatic carbocycles. The topological polar surface area (TPSA) is 27.0 Å². The average Bonchev–Trinajstić information content (AvgIpc) is 2.30. The first-order valence-electron chi connectivity index (χ1n) is 5.56. The van der Waals surface area contributed by atoms with Gasteiger partial charge in [-0.1, -0.05) is 13.8 Å². The maximum Gasteiger partial charge on any atom is 0.124 e. The van der Waals surface area contributed by atoms with Crippen LogP contribution in [-0.4, -0.2) is 13.1 Å². The maximum absolute atomic E-state index is 13.0. The summed E-state index contributed by atoms with van der Waals surface area (Å²) in [6.07, 6.45) is 2.02. The third kappa shape index (κ3) is 2.52. The molecule has 0 unspecified atom stereocenters. The monoisotopic (exact) mass is 220 g/mol. The summed E-state index contributed by atoms with van der Waals surface area (Å²) >= 11 is 0. The Hall–Kier alpha value is -1.56. The molecule has 0 bridgehead atoms. The Bertz CT molecular complexity index is 391. The summed E-state index contributed by atoms with van der Waals surface area (Å²) in [5.41, 5.74) is 1.20. The van der Waals surface area contributed by atoms with Crippen molar-refractivity contribution in [3.8, 4) is 6.07 Å². The van der Waals surface area contributed by atoms with E-state index < -0.39 is 0 Å². The van der Waals surface area contributed by atoms with Crippen LogP contribution < -0.4 is 4.90 Å². The molecule has 2 nitrogen and oxygen atoms in total. The van der Waals surface area contributed by atoms with E-state index in [-0.39, 0.29) is 5.82 Å². The molecule has 0 aliphatic carbocycles. The van der Waals surface area contributed by atoms with Gasteiger partial charge >= 0.3 is 0 Å². The highest BCUT2D eigenvalue weighted by Gasteiger charge is 2.14. The molecule has 16 heavy (non-hydrogen) atoms. The Morgan fingerprint density at radius 1 is 1.38 bits per heavy atom. The zero-order valence-electron chi connectivity index (χ0n) is 10.00. The van der Waals surface area contributed by atoms with Gasteiger partial charge in [-0.05, 0) is 31.0 Å². The third-order valence-electron chi connectivity index (χ3n) is 2.95. The summed E-state index contributed by atoms with van der Waals surface area (Å²) < 4.78 is 13.0. The summed E-state index contributed by atoms with van der Waals surface area (Å²) in [6, 6.07) is 6.78. The van der Waals surface area contributed by atoms with Crippen LogP contribution in [-0.2, 0) is 0 Å². The quantitative estimate of drug-likeness (QED) is 0.778. The predicted octanol–water partition coefficient (Wildman–Crippen LogP) is 3.32. The largest absolute Gasteiger partial charge is 0.371 e. The molecule has 0 saturated heterocycles. The Labute approximate surface area is 96.3 Å². The van der Waals surface area contributed by atoms with Gasteiger partial charge in [-0.15, -0.1) is 0 Å². The van der Waals surface area contributed by atoms with Gasteiger partial charge < -0.3 is 4.90 Å². The highest BCUT2D eigenvalue weighted by Crippen LogP contribution is 2.23. The van der Waals surface area contributed by atoms with Crippen LogP contribution in [0.15, 0.2) is 18.2 Å². The van der Waals surface area contributed by atoms with Crippen LogP contribution in [0, 0.1) is 17.1 Å². The second kappa shape index (κ2) is 5.50. The summed E-state index contributed by atoms with van der Waals surface area (Å²) in [4.78, 5) is 2.05. The molecular formula is C13H17FN2. The lowest BCUT2D eigenvalue weighted by Crippen LogP contribution is -2.30. The molecule has 0 spiro atoms. The molecule has 0 amide bonds.